The van der Waals surface area contributed by atoms with Crippen LogP contribution in [0.4, 0.5) is 5.69 Å². The summed E-state index contributed by atoms with van der Waals surface area (Å²) in [7, 11) is 6.06. The SMILES string of the molecule is COc1ccc(N2C(=O)CC2C(OC)(OC)OC)cc1. The number of β-lactam (4-membered cyclic amide) rings is 1. The zero-order chi connectivity index (χ0) is 14.8. The van der Waals surface area contributed by atoms with Crippen LogP contribution in [-0.2, 0) is 19.0 Å². The molecule has 20 heavy (non-hydrogen) atoms. The summed E-state index contributed by atoms with van der Waals surface area (Å²) in [5, 5.41) is 0. The molecule has 1 saturated heterocycles. The Morgan fingerprint density at radius 3 is 2.00 bits per heavy atom. The van der Waals surface area contributed by atoms with Crippen LogP contribution >= 0.6 is 0 Å². The molecule has 0 spiro atoms. The van der Waals surface area contributed by atoms with Gasteiger partial charge in [0, 0.05) is 27.0 Å². The number of rotatable bonds is 6. The summed E-state index contributed by atoms with van der Waals surface area (Å²) in [5.41, 5.74) is 0.752. The number of nitrogens with zero attached hydrogens (tertiary/aromatic N) is 1. The van der Waals surface area contributed by atoms with Crippen LogP contribution in [0.15, 0.2) is 24.3 Å². The molecule has 0 aliphatic carbocycles. The summed E-state index contributed by atoms with van der Waals surface area (Å²) < 4.78 is 21.1. The maximum atomic E-state index is 11.9. The third-order valence-electron chi connectivity index (χ3n) is 3.56. The van der Waals surface area contributed by atoms with E-state index < -0.39 is 5.97 Å². The third-order valence-corrected chi connectivity index (χ3v) is 3.56. The number of anilines is 1. The smallest absolute Gasteiger partial charge is 0.304 e. The fraction of sp³-hybridized carbons (Fsp3) is 0.500. The summed E-state index contributed by atoms with van der Waals surface area (Å²) in [6.07, 6.45) is 0.307. The summed E-state index contributed by atoms with van der Waals surface area (Å²) in [6, 6.07) is 6.89. The average molecular weight is 281 g/mol. The molecule has 0 radical (unpaired) electrons. The molecule has 1 aromatic rings. The average Bonchev–Trinajstić information content (AvgIpc) is 2.49. The lowest BCUT2D eigenvalue weighted by Crippen LogP contribution is -2.66. The standard InChI is InChI=1S/C14H19NO5/c1-17-11-7-5-10(6-8-11)15-12(9-13(15)16)14(18-2,19-3)20-4/h5-8,12H,9H2,1-4H3. The second-order valence-electron chi connectivity index (χ2n) is 4.40. The Labute approximate surface area is 118 Å². The highest BCUT2D eigenvalue weighted by Crippen LogP contribution is 2.37. The molecule has 110 valence electrons. The molecule has 1 aromatic carbocycles. The molecule has 1 atom stereocenters. The number of carbonyl (C=O) groups excluding carboxylic acids is 1. The normalized spacial score (nSPS) is 18.9. The molecule has 0 saturated carbocycles. The first kappa shape index (κ1) is 14.8. The zero-order valence-corrected chi connectivity index (χ0v) is 12.1. The quantitative estimate of drug-likeness (QED) is 0.582. The molecule has 2 rings (SSSR count). The zero-order valence-electron chi connectivity index (χ0n) is 12.1. The lowest BCUT2D eigenvalue weighted by atomic mass is 9.97. The second kappa shape index (κ2) is 5.78. The van der Waals surface area contributed by atoms with Crippen LogP contribution < -0.4 is 9.64 Å². The van der Waals surface area contributed by atoms with Gasteiger partial charge in [-0.3, -0.25) is 4.79 Å². The van der Waals surface area contributed by atoms with Gasteiger partial charge in [0.05, 0.1) is 13.5 Å². The van der Waals surface area contributed by atoms with Gasteiger partial charge in [0.1, 0.15) is 11.8 Å². The van der Waals surface area contributed by atoms with Crippen molar-refractivity contribution in [2.24, 2.45) is 0 Å². The Kier molecular flexibility index (Phi) is 4.27. The van der Waals surface area contributed by atoms with E-state index in [4.69, 9.17) is 18.9 Å². The maximum absolute atomic E-state index is 11.9. The molecule has 0 bridgehead atoms. The van der Waals surface area contributed by atoms with Gasteiger partial charge in [0.15, 0.2) is 0 Å². The van der Waals surface area contributed by atoms with E-state index >= 15 is 0 Å². The number of carbonyl (C=O) groups is 1. The molecule has 1 amide bonds. The van der Waals surface area contributed by atoms with E-state index in [2.05, 4.69) is 0 Å². The molecule has 1 heterocycles. The van der Waals surface area contributed by atoms with Crippen LogP contribution in [0.1, 0.15) is 6.42 Å². The minimum absolute atomic E-state index is 0.00399. The van der Waals surface area contributed by atoms with E-state index in [0.717, 1.165) is 11.4 Å². The molecule has 1 fully saturated rings. The fourth-order valence-corrected chi connectivity index (χ4v) is 2.42. The minimum Gasteiger partial charge on any atom is -0.497 e. The fourth-order valence-electron chi connectivity index (χ4n) is 2.42. The Balaban J connectivity index is 2.26. The molecule has 1 unspecified atom stereocenters. The van der Waals surface area contributed by atoms with Crippen LogP contribution in [0.5, 0.6) is 5.75 Å². The van der Waals surface area contributed by atoms with E-state index in [9.17, 15) is 4.79 Å². The van der Waals surface area contributed by atoms with Crippen LogP contribution in [0.2, 0.25) is 0 Å². The van der Waals surface area contributed by atoms with E-state index in [0.29, 0.717) is 6.42 Å². The van der Waals surface area contributed by atoms with Crippen molar-refractivity contribution in [3.8, 4) is 5.75 Å². The molecule has 6 nitrogen and oxygen atoms in total. The summed E-state index contributed by atoms with van der Waals surface area (Å²) in [4.78, 5) is 13.5. The van der Waals surface area contributed by atoms with Gasteiger partial charge in [-0.2, -0.15) is 0 Å². The van der Waals surface area contributed by atoms with Gasteiger partial charge in [0.2, 0.25) is 5.91 Å². The van der Waals surface area contributed by atoms with E-state index in [-0.39, 0.29) is 11.9 Å². The first-order chi connectivity index (χ1) is 9.61. The Morgan fingerprint density at radius 1 is 1.05 bits per heavy atom. The summed E-state index contributed by atoms with van der Waals surface area (Å²) in [6.45, 7) is 0. The predicted octanol–water partition coefficient (Wildman–Crippen LogP) is 1.39. The highest BCUT2D eigenvalue weighted by atomic mass is 16.9. The second-order valence-corrected chi connectivity index (χ2v) is 4.40. The van der Waals surface area contributed by atoms with Crippen molar-refractivity contribution < 1.29 is 23.7 Å². The summed E-state index contributed by atoms with van der Waals surface area (Å²) in [5.74, 6) is -0.529. The van der Waals surface area contributed by atoms with Crippen molar-refractivity contribution in [2.45, 2.75) is 18.4 Å². The topological polar surface area (TPSA) is 57.2 Å². The number of benzene rings is 1. The number of methoxy groups -OCH3 is 4. The Morgan fingerprint density at radius 2 is 1.60 bits per heavy atom. The molecule has 1 aliphatic heterocycles. The predicted molar refractivity (Wildman–Crippen MR) is 72.6 cm³/mol. The van der Waals surface area contributed by atoms with Crippen molar-refractivity contribution in [1.82, 2.24) is 0 Å². The third kappa shape index (κ3) is 2.26. The lowest BCUT2D eigenvalue weighted by Gasteiger charge is -2.48. The highest BCUT2D eigenvalue weighted by Gasteiger charge is 2.53. The van der Waals surface area contributed by atoms with Crippen LogP contribution in [0, 0.1) is 0 Å². The van der Waals surface area contributed by atoms with Crippen LogP contribution in [0.3, 0.4) is 0 Å². The van der Waals surface area contributed by atoms with Gasteiger partial charge in [-0.1, -0.05) is 0 Å². The van der Waals surface area contributed by atoms with E-state index in [1.54, 1.807) is 24.1 Å². The van der Waals surface area contributed by atoms with Gasteiger partial charge in [-0.15, -0.1) is 0 Å². The first-order valence-electron chi connectivity index (χ1n) is 6.23. The molecule has 1 aliphatic rings. The molecular weight excluding hydrogens is 262 g/mol. The number of amides is 1. The Hall–Kier alpha value is -1.63. The summed E-state index contributed by atoms with van der Waals surface area (Å²) >= 11 is 0. The van der Waals surface area contributed by atoms with Gasteiger partial charge in [-0.25, -0.2) is 0 Å². The van der Waals surface area contributed by atoms with Crippen LogP contribution in [-0.4, -0.2) is 46.4 Å². The van der Waals surface area contributed by atoms with Crippen LogP contribution in [0.25, 0.3) is 0 Å². The molecular formula is C14H19NO5. The van der Waals surface area contributed by atoms with Crippen molar-refractivity contribution in [2.75, 3.05) is 33.3 Å². The van der Waals surface area contributed by atoms with Crippen molar-refractivity contribution in [3.63, 3.8) is 0 Å². The van der Waals surface area contributed by atoms with E-state index in [1.165, 1.54) is 21.3 Å². The monoisotopic (exact) mass is 281 g/mol. The van der Waals surface area contributed by atoms with Gasteiger partial charge >= 0.3 is 5.97 Å². The number of hydrogen-bond donors (Lipinski definition) is 0. The largest absolute Gasteiger partial charge is 0.497 e. The maximum Gasteiger partial charge on any atom is 0.304 e. The van der Waals surface area contributed by atoms with Crippen molar-refractivity contribution >= 4 is 11.6 Å². The first-order valence-corrected chi connectivity index (χ1v) is 6.23. The molecule has 0 N–H and O–H groups in total. The van der Waals surface area contributed by atoms with Crippen molar-refractivity contribution in [1.29, 1.82) is 0 Å². The van der Waals surface area contributed by atoms with Gasteiger partial charge in [-0.05, 0) is 24.3 Å². The molecule has 6 heteroatoms. The highest BCUT2D eigenvalue weighted by molar-refractivity contribution is 6.01. The van der Waals surface area contributed by atoms with Crippen molar-refractivity contribution in [3.05, 3.63) is 24.3 Å². The lowest BCUT2D eigenvalue weighted by molar-refractivity contribution is -0.364. The Bertz CT molecular complexity index is 461. The van der Waals surface area contributed by atoms with E-state index in [1.807, 2.05) is 12.1 Å². The molecule has 0 aromatic heterocycles. The van der Waals surface area contributed by atoms with Gasteiger partial charge < -0.3 is 23.8 Å². The number of ether oxygens (including phenoxy) is 4. The minimum atomic E-state index is -1.26. The number of hydrogen-bond acceptors (Lipinski definition) is 5. The van der Waals surface area contributed by atoms with Gasteiger partial charge in [0.25, 0.3) is 0 Å².